The molecule has 0 saturated heterocycles. The molecule has 0 aliphatic rings. The van der Waals surface area contributed by atoms with E-state index in [0.717, 1.165) is 4.31 Å². The maximum atomic E-state index is 14.0. The van der Waals surface area contributed by atoms with E-state index in [0.29, 0.717) is 23.6 Å². The summed E-state index contributed by atoms with van der Waals surface area (Å²) in [4.78, 5) is 28.2. The van der Waals surface area contributed by atoms with Crippen molar-refractivity contribution in [3.05, 3.63) is 78.4 Å². The van der Waals surface area contributed by atoms with Gasteiger partial charge in [0.15, 0.2) is 0 Å². The smallest absolute Gasteiger partial charge is 0.264 e. The van der Waals surface area contributed by atoms with Crippen molar-refractivity contribution in [1.29, 1.82) is 0 Å². The fraction of sp³-hybridized carbons (Fsp3) is 0.310. The summed E-state index contributed by atoms with van der Waals surface area (Å²) in [6.07, 6.45) is 0. The van der Waals surface area contributed by atoms with Gasteiger partial charge >= 0.3 is 0 Å². The average molecular weight is 570 g/mol. The molecular weight excluding hydrogens is 534 g/mol. The van der Waals surface area contributed by atoms with E-state index in [1.54, 1.807) is 68.4 Å². The van der Waals surface area contributed by atoms with E-state index in [2.05, 4.69) is 5.32 Å². The lowest BCUT2D eigenvalue weighted by Gasteiger charge is -2.32. The number of carbonyl (C=O) groups is 2. The van der Waals surface area contributed by atoms with Gasteiger partial charge in [0.25, 0.3) is 10.0 Å². The molecule has 11 heteroatoms. The van der Waals surface area contributed by atoms with Crippen LogP contribution in [0.4, 0.5) is 5.69 Å². The molecule has 0 unspecified atom stereocenters. The van der Waals surface area contributed by atoms with Crippen LogP contribution in [0.15, 0.2) is 77.7 Å². The summed E-state index contributed by atoms with van der Waals surface area (Å²) in [5.74, 6) is 0.232. The van der Waals surface area contributed by atoms with Crippen LogP contribution in [0.2, 0.25) is 0 Å². The van der Waals surface area contributed by atoms with E-state index in [4.69, 9.17) is 14.2 Å². The first-order valence-electron chi connectivity index (χ1n) is 12.7. The lowest BCUT2D eigenvalue weighted by Crippen LogP contribution is -2.51. The lowest BCUT2D eigenvalue weighted by molar-refractivity contribution is -0.139. The zero-order valence-electron chi connectivity index (χ0n) is 23.3. The maximum absolute atomic E-state index is 14.0. The molecular formula is C29H35N3O7S. The van der Waals surface area contributed by atoms with E-state index < -0.39 is 28.5 Å². The molecule has 0 bridgehead atoms. The number of hydrogen-bond acceptors (Lipinski definition) is 7. The third kappa shape index (κ3) is 7.03. The molecule has 40 heavy (non-hydrogen) atoms. The molecule has 3 rings (SSSR count). The van der Waals surface area contributed by atoms with Crippen molar-refractivity contribution in [1.82, 2.24) is 10.2 Å². The van der Waals surface area contributed by atoms with Crippen LogP contribution in [0.1, 0.15) is 19.4 Å². The fourth-order valence-electron chi connectivity index (χ4n) is 4.10. The number of nitrogens with one attached hydrogen (secondary N) is 1. The molecule has 2 amide bonds. The van der Waals surface area contributed by atoms with Crippen LogP contribution in [0.25, 0.3) is 0 Å². The molecule has 10 nitrogen and oxygen atoms in total. The summed E-state index contributed by atoms with van der Waals surface area (Å²) in [7, 11) is 0.149. The van der Waals surface area contributed by atoms with Crippen molar-refractivity contribution in [2.75, 3.05) is 38.7 Å². The van der Waals surface area contributed by atoms with Crippen molar-refractivity contribution in [3.8, 4) is 17.2 Å². The van der Waals surface area contributed by atoms with Gasteiger partial charge in [0.2, 0.25) is 11.8 Å². The van der Waals surface area contributed by atoms with Crippen molar-refractivity contribution < 1.29 is 32.2 Å². The molecule has 0 saturated carbocycles. The second-order valence-electron chi connectivity index (χ2n) is 8.81. The third-order valence-corrected chi connectivity index (χ3v) is 8.04. The molecule has 0 aromatic heterocycles. The van der Waals surface area contributed by atoms with Crippen LogP contribution < -0.4 is 23.8 Å². The molecule has 0 heterocycles. The van der Waals surface area contributed by atoms with Crippen molar-refractivity contribution in [3.63, 3.8) is 0 Å². The molecule has 0 fully saturated rings. The Morgan fingerprint density at radius 3 is 2.17 bits per heavy atom. The molecule has 0 spiro atoms. The highest BCUT2D eigenvalue weighted by atomic mass is 32.2. The van der Waals surface area contributed by atoms with Crippen molar-refractivity contribution in [2.45, 2.75) is 31.3 Å². The molecule has 214 valence electrons. The Kier molecular flexibility index (Phi) is 10.4. The highest BCUT2D eigenvalue weighted by Gasteiger charge is 2.34. The van der Waals surface area contributed by atoms with E-state index in [1.807, 2.05) is 0 Å². The summed E-state index contributed by atoms with van der Waals surface area (Å²) in [5, 5.41) is 2.74. The number of likely N-dealkylation sites (N-methyl/N-ethyl adjacent to an activating group) is 1. The number of carbonyl (C=O) groups excluding carboxylic acids is 2. The van der Waals surface area contributed by atoms with E-state index >= 15 is 0 Å². The van der Waals surface area contributed by atoms with Gasteiger partial charge in [0.05, 0.1) is 31.9 Å². The Morgan fingerprint density at radius 2 is 1.55 bits per heavy atom. The SMILES string of the molecule is CCNC(=O)[C@@H](C)N(Cc1cccc(OC)c1)C(=O)CN(c1cc(OC)ccc1OC)S(=O)(=O)c1ccccc1. The van der Waals surface area contributed by atoms with Crippen LogP contribution in [0.3, 0.4) is 0 Å². The number of benzene rings is 3. The fourth-order valence-corrected chi connectivity index (χ4v) is 5.53. The summed E-state index contributed by atoms with van der Waals surface area (Å²) in [5.41, 5.74) is 0.825. The number of anilines is 1. The maximum Gasteiger partial charge on any atom is 0.264 e. The number of nitrogens with zero attached hydrogens (tertiary/aromatic N) is 2. The zero-order valence-corrected chi connectivity index (χ0v) is 24.1. The van der Waals surface area contributed by atoms with Gasteiger partial charge in [-0.05, 0) is 55.8 Å². The van der Waals surface area contributed by atoms with E-state index in [-0.39, 0.29) is 28.8 Å². The predicted molar refractivity (Wildman–Crippen MR) is 152 cm³/mol. The number of rotatable bonds is 13. The number of hydrogen-bond donors (Lipinski definition) is 1. The standard InChI is InChI=1S/C29H35N3O7S/c1-6-30-29(34)21(2)31(19-22-11-10-12-23(17-22)37-3)28(33)20-32(40(35,36)25-13-8-7-9-14-25)26-18-24(38-4)15-16-27(26)39-5/h7-18,21H,6,19-20H2,1-5H3,(H,30,34)/t21-/m1/s1. The van der Waals surface area contributed by atoms with Gasteiger partial charge < -0.3 is 24.4 Å². The second-order valence-corrected chi connectivity index (χ2v) is 10.7. The Balaban J connectivity index is 2.11. The lowest BCUT2D eigenvalue weighted by atomic mass is 10.1. The molecule has 0 radical (unpaired) electrons. The Bertz CT molecular complexity index is 1410. The summed E-state index contributed by atoms with van der Waals surface area (Å²) in [6, 6.07) is 18.7. The Morgan fingerprint density at radius 1 is 0.875 bits per heavy atom. The first-order valence-corrected chi connectivity index (χ1v) is 14.1. The summed E-state index contributed by atoms with van der Waals surface area (Å²) >= 11 is 0. The number of amides is 2. The van der Waals surface area contributed by atoms with Gasteiger partial charge in [-0.3, -0.25) is 13.9 Å². The minimum atomic E-state index is -4.25. The first-order chi connectivity index (χ1) is 19.2. The van der Waals surface area contributed by atoms with Crippen LogP contribution in [-0.2, 0) is 26.2 Å². The highest BCUT2D eigenvalue weighted by molar-refractivity contribution is 7.92. The predicted octanol–water partition coefficient (Wildman–Crippen LogP) is 3.46. The summed E-state index contributed by atoms with van der Waals surface area (Å²) in [6.45, 7) is 3.20. The monoisotopic (exact) mass is 569 g/mol. The van der Waals surface area contributed by atoms with Gasteiger partial charge in [0, 0.05) is 19.2 Å². The van der Waals surface area contributed by atoms with Gasteiger partial charge in [-0.15, -0.1) is 0 Å². The zero-order chi connectivity index (χ0) is 29.3. The van der Waals surface area contributed by atoms with Gasteiger partial charge in [0.1, 0.15) is 29.8 Å². The van der Waals surface area contributed by atoms with E-state index in [1.165, 1.54) is 44.4 Å². The molecule has 0 aliphatic heterocycles. The van der Waals surface area contributed by atoms with Crippen LogP contribution in [0.5, 0.6) is 17.2 Å². The van der Waals surface area contributed by atoms with Crippen LogP contribution in [0, 0.1) is 0 Å². The molecule has 1 N–H and O–H groups in total. The minimum Gasteiger partial charge on any atom is -0.497 e. The van der Waals surface area contributed by atoms with E-state index in [9.17, 15) is 18.0 Å². The molecule has 3 aromatic rings. The van der Waals surface area contributed by atoms with Crippen LogP contribution >= 0.6 is 0 Å². The minimum absolute atomic E-state index is 0.0104. The summed E-state index contributed by atoms with van der Waals surface area (Å²) < 4.78 is 45.0. The topological polar surface area (TPSA) is 114 Å². The van der Waals surface area contributed by atoms with Crippen molar-refractivity contribution >= 4 is 27.5 Å². The highest BCUT2D eigenvalue weighted by Crippen LogP contribution is 2.36. The third-order valence-electron chi connectivity index (χ3n) is 6.27. The van der Waals surface area contributed by atoms with Gasteiger partial charge in [-0.1, -0.05) is 30.3 Å². The Hall–Kier alpha value is -4.25. The number of methoxy groups -OCH3 is 3. The normalized spacial score (nSPS) is 11.7. The first kappa shape index (κ1) is 30.3. The number of ether oxygens (including phenoxy) is 3. The van der Waals surface area contributed by atoms with Crippen molar-refractivity contribution in [2.24, 2.45) is 0 Å². The average Bonchev–Trinajstić information content (AvgIpc) is 2.98. The van der Waals surface area contributed by atoms with Gasteiger partial charge in [-0.25, -0.2) is 8.42 Å². The molecule has 3 aromatic carbocycles. The largest absolute Gasteiger partial charge is 0.497 e. The molecule has 1 atom stereocenters. The van der Waals surface area contributed by atoms with Crippen LogP contribution in [-0.4, -0.2) is 65.6 Å². The van der Waals surface area contributed by atoms with Gasteiger partial charge in [-0.2, -0.15) is 0 Å². The Labute approximate surface area is 235 Å². The quantitative estimate of drug-likeness (QED) is 0.335. The second kappa shape index (κ2) is 13.7. The number of sulfonamides is 1. The molecule has 0 aliphatic carbocycles.